The lowest BCUT2D eigenvalue weighted by Gasteiger charge is -2.12. The second-order valence-corrected chi connectivity index (χ2v) is 4.86. The molecule has 2 heterocycles. The van der Waals surface area contributed by atoms with Crippen molar-refractivity contribution in [2.24, 2.45) is 0 Å². The number of carbonyl (C=O) groups is 1. The van der Waals surface area contributed by atoms with Crippen LogP contribution in [0.5, 0.6) is 0 Å². The number of hydrogen-bond donors (Lipinski definition) is 4. The number of aromatic nitrogens is 2. The standard InChI is InChI=1S/C16H16N6O2/c17-13-14(18-9-12-7-4-8-24-12)19-10-20-15(13)21-22-16(23)11-5-2-1-3-6-11/h1-8,10H,9,17H2,(H,22,23)(H2,18,19,20,21). The van der Waals surface area contributed by atoms with Crippen LogP contribution in [-0.4, -0.2) is 15.9 Å². The van der Waals surface area contributed by atoms with E-state index in [1.165, 1.54) is 6.33 Å². The van der Waals surface area contributed by atoms with E-state index in [1.54, 1.807) is 36.6 Å². The van der Waals surface area contributed by atoms with Gasteiger partial charge in [-0.15, -0.1) is 0 Å². The Bertz CT molecular complexity index is 805. The fourth-order valence-corrected chi connectivity index (χ4v) is 2.00. The summed E-state index contributed by atoms with van der Waals surface area (Å²) in [6, 6.07) is 12.4. The quantitative estimate of drug-likeness (QED) is 0.512. The highest BCUT2D eigenvalue weighted by molar-refractivity contribution is 5.95. The summed E-state index contributed by atoms with van der Waals surface area (Å²) in [5.41, 5.74) is 12.1. The summed E-state index contributed by atoms with van der Waals surface area (Å²) in [6.07, 6.45) is 2.93. The fourth-order valence-electron chi connectivity index (χ4n) is 2.00. The molecule has 3 rings (SSSR count). The summed E-state index contributed by atoms with van der Waals surface area (Å²) in [5.74, 6) is 1.20. The summed E-state index contributed by atoms with van der Waals surface area (Å²) in [4.78, 5) is 20.1. The van der Waals surface area contributed by atoms with Gasteiger partial charge >= 0.3 is 0 Å². The highest BCUT2D eigenvalue weighted by atomic mass is 16.3. The van der Waals surface area contributed by atoms with Crippen LogP contribution in [0.2, 0.25) is 0 Å². The van der Waals surface area contributed by atoms with Crippen LogP contribution in [0.1, 0.15) is 16.1 Å². The smallest absolute Gasteiger partial charge is 0.269 e. The van der Waals surface area contributed by atoms with Gasteiger partial charge in [0.1, 0.15) is 17.8 Å². The van der Waals surface area contributed by atoms with Crippen molar-refractivity contribution in [1.82, 2.24) is 15.4 Å². The molecule has 1 amide bonds. The molecule has 0 unspecified atom stereocenters. The van der Waals surface area contributed by atoms with E-state index >= 15 is 0 Å². The SMILES string of the molecule is Nc1c(NCc2ccco2)ncnc1NNC(=O)c1ccccc1. The molecule has 3 aromatic rings. The van der Waals surface area contributed by atoms with E-state index in [4.69, 9.17) is 10.2 Å². The molecule has 122 valence electrons. The molecule has 0 aliphatic heterocycles. The second kappa shape index (κ2) is 7.14. The Balaban J connectivity index is 1.63. The Morgan fingerprint density at radius 3 is 2.62 bits per heavy atom. The first kappa shape index (κ1) is 15.3. The van der Waals surface area contributed by atoms with Gasteiger partial charge in [-0.2, -0.15) is 0 Å². The molecule has 0 aliphatic rings. The minimum absolute atomic E-state index is 0.289. The van der Waals surface area contributed by atoms with Crippen LogP contribution in [0.25, 0.3) is 0 Å². The number of nitrogens with two attached hydrogens (primary N) is 1. The van der Waals surface area contributed by atoms with Crippen molar-refractivity contribution in [2.75, 3.05) is 16.5 Å². The van der Waals surface area contributed by atoms with E-state index in [0.29, 0.717) is 23.7 Å². The monoisotopic (exact) mass is 324 g/mol. The number of amides is 1. The average molecular weight is 324 g/mol. The summed E-state index contributed by atoms with van der Waals surface area (Å²) >= 11 is 0. The molecule has 1 aromatic carbocycles. The Labute approximate surface area is 138 Å². The Morgan fingerprint density at radius 2 is 1.88 bits per heavy atom. The average Bonchev–Trinajstić information content (AvgIpc) is 3.14. The normalized spacial score (nSPS) is 10.2. The number of nitrogens with zero attached hydrogens (tertiary/aromatic N) is 2. The van der Waals surface area contributed by atoms with Gasteiger partial charge in [-0.25, -0.2) is 9.97 Å². The number of hydrogen-bond acceptors (Lipinski definition) is 7. The van der Waals surface area contributed by atoms with Crippen molar-refractivity contribution in [3.63, 3.8) is 0 Å². The van der Waals surface area contributed by atoms with Crippen molar-refractivity contribution >= 4 is 23.2 Å². The predicted molar refractivity (Wildman–Crippen MR) is 90.0 cm³/mol. The molecule has 24 heavy (non-hydrogen) atoms. The van der Waals surface area contributed by atoms with Gasteiger partial charge in [-0.05, 0) is 24.3 Å². The first-order valence-electron chi connectivity index (χ1n) is 7.22. The highest BCUT2D eigenvalue weighted by Gasteiger charge is 2.10. The molecule has 0 bridgehead atoms. The Morgan fingerprint density at radius 1 is 1.08 bits per heavy atom. The van der Waals surface area contributed by atoms with Gasteiger partial charge in [-0.1, -0.05) is 18.2 Å². The van der Waals surface area contributed by atoms with Crippen LogP contribution in [0.15, 0.2) is 59.5 Å². The molecule has 8 heteroatoms. The van der Waals surface area contributed by atoms with Crippen LogP contribution in [0, 0.1) is 0 Å². The largest absolute Gasteiger partial charge is 0.467 e. The molecule has 8 nitrogen and oxygen atoms in total. The maximum absolute atomic E-state index is 12.0. The van der Waals surface area contributed by atoms with E-state index in [1.807, 2.05) is 12.1 Å². The zero-order chi connectivity index (χ0) is 16.8. The van der Waals surface area contributed by atoms with Crippen molar-refractivity contribution in [3.05, 3.63) is 66.4 Å². The molecular weight excluding hydrogens is 308 g/mol. The zero-order valence-electron chi connectivity index (χ0n) is 12.7. The zero-order valence-corrected chi connectivity index (χ0v) is 12.7. The van der Waals surface area contributed by atoms with E-state index < -0.39 is 0 Å². The van der Waals surface area contributed by atoms with Gasteiger partial charge in [0.2, 0.25) is 0 Å². The number of benzene rings is 1. The number of rotatable bonds is 6. The number of furan rings is 1. The number of nitrogen functional groups attached to an aromatic ring is 1. The summed E-state index contributed by atoms with van der Waals surface area (Å²) < 4.78 is 5.23. The lowest BCUT2D eigenvalue weighted by molar-refractivity contribution is 0.0962. The van der Waals surface area contributed by atoms with Gasteiger partial charge in [0, 0.05) is 5.56 Å². The second-order valence-electron chi connectivity index (χ2n) is 4.86. The van der Waals surface area contributed by atoms with Gasteiger partial charge < -0.3 is 15.5 Å². The van der Waals surface area contributed by atoms with Crippen molar-refractivity contribution < 1.29 is 9.21 Å². The third kappa shape index (κ3) is 3.61. The maximum atomic E-state index is 12.0. The Hall–Kier alpha value is -3.55. The summed E-state index contributed by atoms with van der Waals surface area (Å²) in [5, 5.41) is 3.05. The molecule has 2 aromatic heterocycles. The first-order valence-corrected chi connectivity index (χ1v) is 7.22. The summed E-state index contributed by atoms with van der Waals surface area (Å²) in [7, 11) is 0. The third-order valence-corrected chi connectivity index (χ3v) is 3.22. The molecule has 0 fully saturated rings. The molecule has 0 saturated carbocycles. The van der Waals surface area contributed by atoms with Crippen LogP contribution >= 0.6 is 0 Å². The fraction of sp³-hybridized carbons (Fsp3) is 0.0625. The van der Waals surface area contributed by atoms with Crippen LogP contribution in [0.4, 0.5) is 17.3 Å². The highest BCUT2D eigenvalue weighted by Crippen LogP contribution is 2.22. The van der Waals surface area contributed by atoms with Gasteiger partial charge in [0.15, 0.2) is 11.6 Å². The van der Waals surface area contributed by atoms with E-state index in [0.717, 1.165) is 5.76 Å². The predicted octanol–water partition coefficient (Wildman–Crippen LogP) is 2.02. The van der Waals surface area contributed by atoms with Crippen LogP contribution in [-0.2, 0) is 6.54 Å². The molecule has 0 aliphatic carbocycles. The molecular formula is C16H16N6O2. The lowest BCUT2D eigenvalue weighted by atomic mass is 10.2. The van der Waals surface area contributed by atoms with E-state index in [9.17, 15) is 4.79 Å². The van der Waals surface area contributed by atoms with Crippen molar-refractivity contribution in [1.29, 1.82) is 0 Å². The molecule has 0 saturated heterocycles. The van der Waals surface area contributed by atoms with Crippen molar-refractivity contribution in [2.45, 2.75) is 6.54 Å². The van der Waals surface area contributed by atoms with Gasteiger partial charge in [0.05, 0.1) is 12.8 Å². The topological polar surface area (TPSA) is 118 Å². The number of nitrogens with one attached hydrogen (secondary N) is 3. The van der Waals surface area contributed by atoms with Crippen molar-refractivity contribution in [3.8, 4) is 0 Å². The van der Waals surface area contributed by atoms with Crippen LogP contribution < -0.4 is 21.9 Å². The number of hydrazine groups is 1. The van der Waals surface area contributed by atoms with Gasteiger partial charge in [-0.3, -0.25) is 15.6 Å². The summed E-state index contributed by atoms with van der Waals surface area (Å²) in [6.45, 7) is 0.435. The van der Waals surface area contributed by atoms with Gasteiger partial charge in [0.25, 0.3) is 5.91 Å². The first-order chi connectivity index (χ1) is 11.7. The molecule has 0 spiro atoms. The molecule has 0 radical (unpaired) electrons. The Kier molecular flexibility index (Phi) is 4.57. The van der Waals surface area contributed by atoms with E-state index in [2.05, 4.69) is 26.1 Å². The maximum Gasteiger partial charge on any atom is 0.269 e. The van der Waals surface area contributed by atoms with Crippen LogP contribution in [0.3, 0.4) is 0 Å². The molecule has 5 N–H and O–H groups in total. The molecule has 0 atom stereocenters. The minimum atomic E-state index is -0.293. The number of carbonyl (C=O) groups excluding carboxylic acids is 1. The third-order valence-electron chi connectivity index (χ3n) is 3.22. The minimum Gasteiger partial charge on any atom is -0.467 e. The lowest BCUT2D eigenvalue weighted by Crippen LogP contribution is -2.30. The number of anilines is 3. The van der Waals surface area contributed by atoms with E-state index in [-0.39, 0.29) is 11.6 Å².